The highest BCUT2D eigenvalue weighted by atomic mass is 15.3. The average Bonchev–Trinajstić information content (AvgIpc) is 2.87. The molecule has 70 valence electrons. The second-order valence-electron chi connectivity index (χ2n) is 4.20. The number of aryl methyl sites for hydroxylation is 1. The van der Waals surface area contributed by atoms with E-state index < -0.39 is 0 Å². The molecule has 0 radical (unpaired) electrons. The van der Waals surface area contributed by atoms with Crippen molar-refractivity contribution >= 4 is 0 Å². The van der Waals surface area contributed by atoms with Gasteiger partial charge in [0.15, 0.2) is 0 Å². The van der Waals surface area contributed by atoms with Crippen LogP contribution in [0.1, 0.15) is 24.2 Å². The minimum Gasteiger partial charge on any atom is -0.293 e. The Balaban J connectivity index is 1.85. The highest BCUT2D eigenvalue weighted by molar-refractivity contribution is 5.11. The molecule has 1 aliphatic carbocycles. The molecule has 1 aromatic rings. The summed E-state index contributed by atoms with van der Waals surface area (Å²) in [7, 11) is 0. The molecule has 3 nitrogen and oxygen atoms in total. The molecule has 3 rings (SSSR count). The normalized spacial score (nSPS) is 23.2. The monoisotopic (exact) mass is 177 g/mol. The van der Waals surface area contributed by atoms with Crippen molar-refractivity contribution in [3.05, 3.63) is 17.5 Å². The predicted octanol–water partition coefficient (Wildman–Crippen LogP) is 1.17. The largest absolute Gasteiger partial charge is 0.293 e. The lowest BCUT2D eigenvalue weighted by Gasteiger charge is -2.27. The molecule has 0 spiro atoms. The van der Waals surface area contributed by atoms with E-state index in [0.29, 0.717) is 0 Å². The maximum atomic E-state index is 4.46. The predicted molar refractivity (Wildman–Crippen MR) is 50.4 cm³/mol. The fraction of sp³-hybridized carbons (Fsp3) is 0.700. The Bertz CT molecular complexity index is 325. The summed E-state index contributed by atoms with van der Waals surface area (Å²) in [5, 5.41) is 4.46. The standard InChI is InChI=1S/C10H15N3/c1-8-6-10-7-12(9-2-3-9)4-5-13(10)11-8/h6,9H,2-5,7H2,1H3. The Kier molecular flexibility index (Phi) is 1.50. The first-order valence-electron chi connectivity index (χ1n) is 5.10. The van der Waals surface area contributed by atoms with Gasteiger partial charge in [-0.15, -0.1) is 0 Å². The van der Waals surface area contributed by atoms with Crippen LogP contribution in [0.3, 0.4) is 0 Å². The lowest BCUT2D eigenvalue weighted by molar-refractivity contribution is 0.204. The summed E-state index contributed by atoms with van der Waals surface area (Å²) in [5.74, 6) is 0. The van der Waals surface area contributed by atoms with E-state index in [1.54, 1.807) is 0 Å². The van der Waals surface area contributed by atoms with Gasteiger partial charge in [0, 0.05) is 19.1 Å². The van der Waals surface area contributed by atoms with E-state index in [9.17, 15) is 0 Å². The van der Waals surface area contributed by atoms with Crippen molar-refractivity contribution in [3.63, 3.8) is 0 Å². The maximum absolute atomic E-state index is 4.46. The van der Waals surface area contributed by atoms with Crippen molar-refractivity contribution in [3.8, 4) is 0 Å². The second kappa shape index (κ2) is 2.58. The van der Waals surface area contributed by atoms with Crippen molar-refractivity contribution in [1.82, 2.24) is 14.7 Å². The van der Waals surface area contributed by atoms with E-state index in [1.807, 2.05) is 0 Å². The third kappa shape index (κ3) is 1.27. The number of nitrogens with zero attached hydrogens (tertiary/aromatic N) is 3. The minimum absolute atomic E-state index is 0.893. The second-order valence-corrected chi connectivity index (χ2v) is 4.20. The average molecular weight is 177 g/mol. The highest BCUT2D eigenvalue weighted by Gasteiger charge is 2.31. The van der Waals surface area contributed by atoms with Crippen LogP contribution in [0.2, 0.25) is 0 Å². The number of aromatic nitrogens is 2. The van der Waals surface area contributed by atoms with Crippen LogP contribution in [0.5, 0.6) is 0 Å². The summed E-state index contributed by atoms with van der Waals surface area (Å²) in [4.78, 5) is 2.59. The van der Waals surface area contributed by atoms with Gasteiger partial charge in [0.1, 0.15) is 0 Å². The molecule has 1 aliphatic heterocycles. The smallest absolute Gasteiger partial charge is 0.0597 e. The molecule has 3 heteroatoms. The molecule has 1 fully saturated rings. The minimum atomic E-state index is 0.893. The Hall–Kier alpha value is -0.830. The summed E-state index contributed by atoms with van der Waals surface area (Å²) < 4.78 is 2.16. The molecule has 0 bridgehead atoms. The maximum Gasteiger partial charge on any atom is 0.0597 e. The molecule has 0 aromatic carbocycles. The summed E-state index contributed by atoms with van der Waals surface area (Å²) in [6.45, 7) is 5.47. The van der Waals surface area contributed by atoms with E-state index in [2.05, 4.69) is 27.7 Å². The molecule has 0 N–H and O–H groups in total. The van der Waals surface area contributed by atoms with E-state index >= 15 is 0 Å². The van der Waals surface area contributed by atoms with Gasteiger partial charge in [0.05, 0.1) is 17.9 Å². The Morgan fingerprint density at radius 1 is 1.38 bits per heavy atom. The molecular weight excluding hydrogens is 162 g/mol. The molecule has 1 aromatic heterocycles. The van der Waals surface area contributed by atoms with Gasteiger partial charge in [-0.25, -0.2) is 0 Å². The summed E-state index contributed by atoms with van der Waals surface area (Å²) in [5.41, 5.74) is 2.56. The van der Waals surface area contributed by atoms with Gasteiger partial charge in [0.2, 0.25) is 0 Å². The first-order valence-corrected chi connectivity index (χ1v) is 5.10. The third-order valence-corrected chi connectivity index (χ3v) is 3.01. The molecule has 0 amide bonds. The fourth-order valence-electron chi connectivity index (χ4n) is 2.18. The van der Waals surface area contributed by atoms with Crippen LogP contribution in [-0.4, -0.2) is 27.3 Å². The van der Waals surface area contributed by atoms with Gasteiger partial charge in [-0.1, -0.05) is 0 Å². The van der Waals surface area contributed by atoms with Gasteiger partial charge in [-0.3, -0.25) is 9.58 Å². The molecule has 13 heavy (non-hydrogen) atoms. The zero-order valence-corrected chi connectivity index (χ0v) is 8.03. The van der Waals surface area contributed by atoms with Gasteiger partial charge in [0.25, 0.3) is 0 Å². The molecule has 0 saturated heterocycles. The topological polar surface area (TPSA) is 21.1 Å². The van der Waals surface area contributed by atoms with Crippen molar-refractivity contribution in [2.24, 2.45) is 0 Å². The Labute approximate surface area is 78.3 Å². The first-order chi connectivity index (χ1) is 6.33. The molecule has 2 heterocycles. The van der Waals surface area contributed by atoms with Crippen LogP contribution < -0.4 is 0 Å². The third-order valence-electron chi connectivity index (χ3n) is 3.01. The number of hydrogen-bond donors (Lipinski definition) is 0. The number of hydrogen-bond acceptors (Lipinski definition) is 2. The van der Waals surface area contributed by atoms with Crippen LogP contribution >= 0.6 is 0 Å². The molecule has 1 saturated carbocycles. The van der Waals surface area contributed by atoms with Crippen LogP contribution in [0, 0.1) is 6.92 Å². The van der Waals surface area contributed by atoms with Gasteiger partial charge >= 0.3 is 0 Å². The van der Waals surface area contributed by atoms with E-state index in [1.165, 1.54) is 25.1 Å². The molecule has 2 aliphatic rings. The summed E-state index contributed by atoms with van der Waals surface area (Å²) in [6, 6.07) is 3.11. The number of rotatable bonds is 1. The summed E-state index contributed by atoms with van der Waals surface area (Å²) in [6.07, 6.45) is 2.82. The van der Waals surface area contributed by atoms with Crippen molar-refractivity contribution < 1.29 is 0 Å². The van der Waals surface area contributed by atoms with Crippen LogP contribution in [0.25, 0.3) is 0 Å². The highest BCUT2D eigenvalue weighted by Crippen LogP contribution is 2.29. The SMILES string of the molecule is Cc1cc2n(n1)CCN(C1CC1)C2. The van der Waals surface area contributed by atoms with Gasteiger partial charge in [-0.2, -0.15) is 5.10 Å². The van der Waals surface area contributed by atoms with Crippen LogP contribution in [0.15, 0.2) is 6.07 Å². The summed E-state index contributed by atoms with van der Waals surface area (Å²) >= 11 is 0. The lowest BCUT2D eigenvalue weighted by atomic mass is 10.3. The van der Waals surface area contributed by atoms with Crippen LogP contribution in [0.4, 0.5) is 0 Å². The Morgan fingerprint density at radius 2 is 2.23 bits per heavy atom. The lowest BCUT2D eigenvalue weighted by Crippen LogP contribution is -2.35. The van der Waals surface area contributed by atoms with Crippen molar-refractivity contribution in [1.29, 1.82) is 0 Å². The van der Waals surface area contributed by atoms with Crippen molar-refractivity contribution in [2.75, 3.05) is 6.54 Å². The van der Waals surface area contributed by atoms with Crippen LogP contribution in [-0.2, 0) is 13.1 Å². The Morgan fingerprint density at radius 3 is 3.00 bits per heavy atom. The molecular formula is C10H15N3. The van der Waals surface area contributed by atoms with E-state index in [0.717, 1.165) is 24.8 Å². The van der Waals surface area contributed by atoms with Crippen molar-refractivity contribution in [2.45, 2.75) is 38.9 Å². The van der Waals surface area contributed by atoms with E-state index in [-0.39, 0.29) is 0 Å². The quantitative estimate of drug-likeness (QED) is 0.642. The number of fused-ring (bicyclic) bond motifs is 1. The van der Waals surface area contributed by atoms with Gasteiger partial charge < -0.3 is 0 Å². The first kappa shape index (κ1) is 7.56. The van der Waals surface area contributed by atoms with E-state index in [4.69, 9.17) is 0 Å². The zero-order valence-electron chi connectivity index (χ0n) is 8.03. The van der Waals surface area contributed by atoms with Gasteiger partial charge in [-0.05, 0) is 25.8 Å². The fourth-order valence-corrected chi connectivity index (χ4v) is 2.18. The zero-order chi connectivity index (χ0) is 8.84. The molecule has 0 atom stereocenters. The molecule has 0 unspecified atom stereocenters.